The number of rotatable bonds is 6. The average molecular weight is 438 g/mol. The smallest absolute Gasteiger partial charge is 0.228 e. The first kappa shape index (κ1) is 21.2. The first-order valence-corrected chi connectivity index (χ1v) is 11.2. The topological polar surface area (TPSA) is 54.9 Å². The van der Waals surface area contributed by atoms with E-state index in [1.54, 1.807) is 14.2 Å². The van der Waals surface area contributed by atoms with Gasteiger partial charge in [0, 0.05) is 42.8 Å². The fourth-order valence-electron chi connectivity index (χ4n) is 3.87. The summed E-state index contributed by atoms with van der Waals surface area (Å²) in [5.74, 6) is 1.48. The van der Waals surface area contributed by atoms with Crippen LogP contribution >= 0.6 is 11.3 Å². The lowest BCUT2D eigenvalue weighted by atomic mass is 10.1. The zero-order chi connectivity index (χ0) is 21.8. The van der Waals surface area contributed by atoms with Crippen molar-refractivity contribution < 1.29 is 14.3 Å². The molecule has 162 valence electrons. The summed E-state index contributed by atoms with van der Waals surface area (Å²) in [4.78, 5) is 21.8. The molecular weight excluding hydrogens is 410 g/mol. The Morgan fingerprint density at radius 2 is 1.77 bits per heavy atom. The lowest BCUT2D eigenvalue weighted by Gasteiger charge is -2.36. The average Bonchev–Trinajstić information content (AvgIpc) is 3.27. The molecule has 1 aliphatic rings. The first-order chi connectivity index (χ1) is 15.1. The number of aryl methyl sites for hydroxylation is 1. The molecule has 1 amide bonds. The Kier molecular flexibility index (Phi) is 6.42. The number of aromatic nitrogens is 1. The molecule has 1 saturated heterocycles. The van der Waals surface area contributed by atoms with E-state index >= 15 is 0 Å². The van der Waals surface area contributed by atoms with Crippen LogP contribution in [0.25, 0.3) is 10.6 Å². The second-order valence-electron chi connectivity index (χ2n) is 7.54. The van der Waals surface area contributed by atoms with Crippen molar-refractivity contribution in [3.8, 4) is 22.1 Å². The van der Waals surface area contributed by atoms with Crippen LogP contribution in [0.5, 0.6) is 11.5 Å². The van der Waals surface area contributed by atoms with Crippen molar-refractivity contribution in [2.24, 2.45) is 0 Å². The summed E-state index contributed by atoms with van der Waals surface area (Å²) in [6.45, 7) is 5.31. The molecule has 0 aliphatic carbocycles. The molecule has 6 nitrogen and oxygen atoms in total. The summed E-state index contributed by atoms with van der Waals surface area (Å²) in [7, 11) is 3.23. The van der Waals surface area contributed by atoms with Crippen molar-refractivity contribution in [1.29, 1.82) is 0 Å². The summed E-state index contributed by atoms with van der Waals surface area (Å²) in [5.41, 5.74) is 4.29. The van der Waals surface area contributed by atoms with E-state index in [4.69, 9.17) is 9.47 Å². The van der Waals surface area contributed by atoms with E-state index < -0.39 is 0 Å². The maximum atomic E-state index is 12.8. The predicted octanol–water partition coefficient (Wildman–Crippen LogP) is 4.03. The number of piperazine rings is 1. The summed E-state index contributed by atoms with van der Waals surface area (Å²) in [5, 5.41) is 2.83. The fourth-order valence-corrected chi connectivity index (χ4v) is 4.69. The number of benzene rings is 2. The molecule has 3 aromatic rings. The highest BCUT2D eigenvalue weighted by Gasteiger charge is 2.23. The highest BCUT2D eigenvalue weighted by Crippen LogP contribution is 2.33. The van der Waals surface area contributed by atoms with Gasteiger partial charge in [-0.15, -0.1) is 11.3 Å². The van der Waals surface area contributed by atoms with Crippen molar-refractivity contribution in [2.45, 2.75) is 13.3 Å². The molecule has 0 spiro atoms. The van der Waals surface area contributed by atoms with E-state index in [-0.39, 0.29) is 5.91 Å². The maximum Gasteiger partial charge on any atom is 0.228 e. The molecule has 1 aromatic heterocycles. The number of methoxy groups -OCH3 is 2. The quantitative estimate of drug-likeness (QED) is 0.583. The van der Waals surface area contributed by atoms with E-state index in [0.29, 0.717) is 17.9 Å². The Hall–Kier alpha value is -3.06. The number of carbonyl (C=O) groups excluding carboxylic acids is 1. The molecule has 7 heteroatoms. The van der Waals surface area contributed by atoms with Crippen molar-refractivity contribution in [3.05, 3.63) is 59.1 Å². The fraction of sp³-hybridized carbons (Fsp3) is 0.333. The number of anilines is 1. The minimum atomic E-state index is 0.133. The van der Waals surface area contributed by atoms with Gasteiger partial charge in [0.15, 0.2) is 11.5 Å². The summed E-state index contributed by atoms with van der Waals surface area (Å²) in [6.07, 6.45) is 0.328. The summed E-state index contributed by atoms with van der Waals surface area (Å²) < 4.78 is 10.7. The van der Waals surface area contributed by atoms with Crippen LogP contribution in [0.15, 0.2) is 47.8 Å². The van der Waals surface area contributed by atoms with Crippen molar-refractivity contribution in [1.82, 2.24) is 9.88 Å². The zero-order valence-corrected chi connectivity index (χ0v) is 18.9. The number of hydrogen-bond donors (Lipinski definition) is 0. The molecule has 0 radical (unpaired) electrons. The monoisotopic (exact) mass is 437 g/mol. The minimum Gasteiger partial charge on any atom is -0.493 e. The SMILES string of the molecule is COc1ccc(-c2nc(CC(=O)N3CCN(c4ccccc4C)CC3)cs2)cc1OC. The van der Waals surface area contributed by atoms with Crippen LogP contribution in [0, 0.1) is 6.92 Å². The zero-order valence-electron chi connectivity index (χ0n) is 18.1. The molecule has 1 aliphatic heterocycles. The number of carbonyl (C=O) groups is 1. The number of para-hydroxylation sites is 1. The molecular formula is C24H27N3O3S. The molecule has 0 saturated carbocycles. The Labute approximate surface area is 187 Å². The predicted molar refractivity (Wildman–Crippen MR) is 124 cm³/mol. The normalized spacial score (nSPS) is 13.9. The second-order valence-corrected chi connectivity index (χ2v) is 8.40. The van der Waals surface area contributed by atoms with E-state index in [0.717, 1.165) is 42.4 Å². The molecule has 2 aromatic carbocycles. The first-order valence-electron chi connectivity index (χ1n) is 10.3. The Morgan fingerprint density at radius 1 is 1.03 bits per heavy atom. The third-order valence-corrected chi connectivity index (χ3v) is 6.54. The highest BCUT2D eigenvalue weighted by molar-refractivity contribution is 7.13. The lowest BCUT2D eigenvalue weighted by Crippen LogP contribution is -2.49. The van der Waals surface area contributed by atoms with Gasteiger partial charge in [-0.1, -0.05) is 18.2 Å². The molecule has 0 unspecified atom stereocenters. The number of hydrogen-bond acceptors (Lipinski definition) is 6. The van der Waals surface area contributed by atoms with E-state index in [2.05, 4.69) is 41.1 Å². The third-order valence-electron chi connectivity index (χ3n) is 5.60. The minimum absolute atomic E-state index is 0.133. The van der Waals surface area contributed by atoms with Gasteiger partial charge in [0.25, 0.3) is 0 Å². The van der Waals surface area contributed by atoms with Crippen LogP contribution < -0.4 is 14.4 Å². The van der Waals surface area contributed by atoms with Crippen LogP contribution in [-0.4, -0.2) is 56.2 Å². The van der Waals surface area contributed by atoms with Gasteiger partial charge in [-0.2, -0.15) is 0 Å². The van der Waals surface area contributed by atoms with Gasteiger partial charge in [0.05, 0.1) is 26.3 Å². The highest BCUT2D eigenvalue weighted by atomic mass is 32.1. The Bertz CT molecular complexity index is 1060. The molecule has 0 N–H and O–H groups in total. The van der Waals surface area contributed by atoms with Gasteiger partial charge in [0.1, 0.15) is 5.01 Å². The van der Waals surface area contributed by atoms with Crippen LogP contribution in [0.1, 0.15) is 11.3 Å². The largest absolute Gasteiger partial charge is 0.493 e. The summed E-state index contributed by atoms with van der Waals surface area (Å²) >= 11 is 1.54. The van der Waals surface area contributed by atoms with E-state index in [9.17, 15) is 4.79 Å². The number of nitrogens with zero attached hydrogens (tertiary/aromatic N) is 3. The van der Waals surface area contributed by atoms with Crippen LogP contribution in [0.4, 0.5) is 5.69 Å². The van der Waals surface area contributed by atoms with E-state index in [1.165, 1.54) is 22.6 Å². The van der Waals surface area contributed by atoms with Crippen molar-refractivity contribution >= 4 is 22.9 Å². The van der Waals surface area contributed by atoms with Gasteiger partial charge in [-0.25, -0.2) is 4.98 Å². The second kappa shape index (κ2) is 9.39. The molecule has 31 heavy (non-hydrogen) atoms. The molecule has 0 bridgehead atoms. The van der Waals surface area contributed by atoms with Gasteiger partial charge in [-0.05, 0) is 36.8 Å². The van der Waals surface area contributed by atoms with Gasteiger partial charge in [-0.3, -0.25) is 4.79 Å². The summed E-state index contributed by atoms with van der Waals surface area (Å²) in [6, 6.07) is 14.1. The van der Waals surface area contributed by atoms with Gasteiger partial charge < -0.3 is 19.3 Å². The van der Waals surface area contributed by atoms with Crippen molar-refractivity contribution in [2.75, 3.05) is 45.3 Å². The number of thiazole rings is 1. The van der Waals surface area contributed by atoms with Crippen LogP contribution in [0.2, 0.25) is 0 Å². The van der Waals surface area contributed by atoms with Crippen LogP contribution in [0.3, 0.4) is 0 Å². The van der Waals surface area contributed by atoms with Crippen LogP contribution in [-0.2, 0) is 11.2 Å². The standard InChI is InChI=1S/C24H27N3O3S/c1-17-6-4-5-7-20(17)26-10-12-27(13-11-26)23(28)15-19-16-31-24(25-19)18-8-9-21(29-2)22(14-18)30-3/h4-9,14,16H,10-13,15H2,1-3H3. The Morgan fingerprint density at radius 3 is 2.48 bits per heavy atom. The maximum absolute atomic E-state index is 12.8. The van der Waals surface area contributed by atoms with Crippen molar-refractivity contribution in [3.63, 3.8) is 0 Å². The third kappa shape index (κ3) is 4.66. The van der Waals surface area contributed by atoms with Gasteiger partial charge in [0.2, 0.25) is 5.91 Å². The number of amides is 1. The molecule has 2 heterocycles. The number of ether oxygens (including phenoxy) is 2. The lowest BCUT2D eigenvalue weighted by molar-refractivity contribution is -0.130. The molecule has 4 rings (SSSR count). The molecule has 0 atom stereocenters. The van der Waals surface area contributed by atoms with Gasteiger partial charge >= 0.3 is 0 Å². The van der Waals surface area contributed by atoms with E-state index in [1.807, 2.05) is 28.5 Å². The molecule has 1 fully saturated rings. The Balaban J connectivity index is 1.37.